The maximum Gasteiger partial charge on any atom is 0.333 e. The molecule has 2 aromatic carbocycles. The number of hydrogen-bond acceptors (Lipinski definition) is 10. The Morgan fingerprint density at radius 2 is 1.46 bits per heavy atom. The van der Waals surface area contributed by atoms with Gasteiger partial charge in [-0.05, 0) is 106 Å². The summed E-state index contributed by atoms with van der Waals surface area (Å²) in [5.74, 6) is -0.690. The predicted molar refractivity (Wildman–Crippen MR) is 193 cm³/mol. The van der Waals surface area contributed by atoms with Gasteiger partial charge in [0.1, 0.15) is 17.5 Å². The fourth-order valence-corrected chi connectivity index (χ4v) is 8.52. The fraction of sp³-hybridized carbons (Fsp3) is 0.463. The first kappa shape index (κ1) is 38.5. The van der Waals surface area contributed by atoms with Gasteiger partial charge in [-0.1, -0.05) is 50.6 Å². The van der Waals surface area contributed by atoms with Crippen LogP contribution in [0.5, 0.6) is 5.75 Å². The lowest BCUT2D eigenvalue weighted by Gasteiger charge is -2.59. The summed E-state index contributed by atoms with van der Waals surface area (Å²) in [6, 6.07) is 11.3. The predicted octanol–water partition coefficient (Wildman–Crippen LogP) is 6.21. The molecule has 3 saturated heterocycles. The molecular formula is C41H48O11. The second-order valence-electron chi connectivity index (χ2n) is 15.2. The number of aromatic hydroxyl groups is 1. The molecule has 7 unspecified atom stereocenters. The van der Waals surface area contributed by atoms with Crippen LogP contribution in [0.25, 0.3) is 16.8 Å². The van der Waals surface area contributed by atoms with E-state index in [0.29, 0.717) is 41.6 Å². The zero-order chi connectivity index (χ0) is 38.1. The monoisotopic (exact) mass is 716 g/mol. The minimum absolute atomic E-state index is 0.158. The van der Waals surface area contributed by atoms with Crippen molar-refractivity contribution < 1.29 is 53.4 Å². The van der Waals surface area contributed by atoms with Crippen LogP contribution in [-0.4, -0.2) is 74.8 Å². The van der Waals surface area contributed by atoms with E-state index in [9.17, 15) is 29.4 Å². The zero-order valence-corrected chi connectivity index (χ0v) is 30.0. The molecule has 7 atom stereocenters. The number of carbonyl (C=O) groups is 4. The van der Waals surface area contributed by atoms with Crippen molar-refractivity contribution in [2.45, 2.75) is 101 Å². The van der Waals surface area contributed by atoms with Crippen LogP contribution in [0.15, 0.2) is 79.4 Å². The van der Waals surface area contributed by atoms with Gasteiger partial charge in [0.25, 0.3) is 0 Å². The number of aliphatic carboxylic acids is 1. The molecule has 4 aliphatic carbocycles. The first-order chi connectivity index (χ1) is 24.4. The summed E-state index contributed by atoms with van der Waals surface area (Å²) in [4.78, 5) is 44.1. The van der Waals surface area contributed by atoms with Crippen molar-refractivity contribution in [1.29, 1.82) is 0 Å². The number of esters is 3. The second kappa shape index (κ2) is 15.1. The molecule has 52 heavy (non-hydrogen) atoms. The average Bonchev–Trinajstić information content (AvgIpc) is 3.69. The summed E-state index contributed by atoms with van der Waals surface area (Å²) in [6.07, 6.45) is 6.61. The Kier molecular flexibility index (Phi) is 11.2. The van der Waals surface area contributed by atoms with Gasteiger partial charge in [0, 0.05) is 23.1 Å². The molecule has 0 aromatic heterocycles. The van der Waals surface area contributed by atoms with Crippen molar-refractivity contribution in [3.8, 4) is 5.75 Å². The van der Waals surface area contributed by atoms with Gasteiger partial charge in [-0.2, -0.15) is 0 Å². The highest BCUT2D eigenvalue weighted by Gasteiger charge is 2.65. The number of carbonyl (C=O) groups excluding carboxylic acids is 3. The maximum absolute atomic E-state index is 11.7. The second-order valence-corrected chi connectivity index (χ2v) is 15.2. The van der Waals surface area contributed by atoms with Crippen LogP contribution in [0.4, 0.5) is 0 Å². The van der Waals surface area contributed by atoms with E-state index in [1.54, 1.807) is 26.0 Å². The number of carboxylic acids is 1. The normalized spacial score (nSPS) is 32.1. The van der Waals surface area contributed by atoms with Gasteiger partial charge < -0.3 is 34.3 Å². The van der Waals surface area contributed by atoms with Gasteiger partial charge in [-0.25, -0.2) is 14.4 Å². The highest BCUT2D eigenvalue weighted by Crippen LogP contribution is 2.59. The minimum atomic E-state index is -0.935. The number of carboxylic acid groups (broad SMARTS) is 1. The lowest BCUT2D eigenvalue weighted by Crippen LogP contribution is -2.60. The van der Waals surface area contributed by atoms with E-state index < -0.39 is 35.3 Å². The molecule has 3 aliphatic heterocycles. The molecule has 2 aromatic rings. The lowest BCUT2D eigenvalue weighted by molar-refractivity contribution is -0.217. The smallest absolute Gasteiger partial charge is 0.333 e. The van der Waals surface area contributed by atoms with Crippen LogP contribution in [0.1, 0.15) is 71.3 Å². The Bertz CT molecular complexity index is 1780. The number of aliphatic hydroxyl groups is 1. The number of hydrogen-bond donors (Lipinski definition) is 3. The first-order valence-electron chi connectivity index (χ1n) is 17.5. The van der Waals surface area contributed by atoms with Crippen LogP contribution in [0.2, 0.25) is 0 Å². The summed E-state index contributed by atoms with van der Waals surface area (Å²) in [7, 11) is 0. The molecule has 3 heterocycles. The third-order valence-corrected chi connectivity index (χ3v) is 10.5. The van der Waals surface area contributed by atoms with E-state index in [1.165, 1.54) is 13.3 Å². The summed E-state index contributed by atoms with van der Waals surface area (Å²) in [6.45, 7) is 18.7. The average molecular weight is 717 g/mol. The van der Waals surface area contributed by atoms with Gasteiger partial charge in [-0.15, -0.1) is 0 Å². The van der Waals surface area contributed by atoms with Gasteiger partial charge >= 0.3 is 23.9 Å². The van der Waals surface area contributed by atoms with Crippen molar-refractivity contribution >= 4 is 40.7 Å². The van der Waals surface area contributed by atoms with Crippen molar-refractivity contribution in [2.24, 2.45) is 17.8 Å². The van der Waals surface area contributed by atoms with E-state index in [4.69, 9.17) is 24.1 Å². The molecule has 4 saturated carbocycles. The maximum atomic E-state index is 11.7. The zero-order valence-electron chi connectivity index (χ0n) is 30.0. The van der Waals surface area contributed by atoms with Gasteiger partial charge in [0.15, 0.2) is 12.2 Å². The number of benzene rings is 2. The van der Waals surface area contributed by atoms with E-state index in [1.807, 2.05) is 30.3 Å². The molecule has 11 heteroatoms. The minimum Gasteiger partial charge on any atom is -0.508 e. The Labute approximate surface area is 303 Å². The molecular weight excluding hydrogens is 668 g/mol. The summed E-state index contributed by atoms with van der Waals surface area (Å²) < 4.78 is 21.7. The Morgan fingerprint density at radius 1 is 0.865 bits per heavy atom. The highest BCUT2D eigenvalue weighted by atomic mass is 16.7. The van der Waals surface area contributed by atoms with Crippen molar-refractivity contribution in [3.05, 3.63) is 85.0 Å². The van der Waals surface area contributed by atoms with E-state index in [-0.39, 0.29) is 35.6 Å². The number of rotatable bonds is 6. The molecule has 6 bridgehead atoms. The first-order valence-corrected chi connectivity index (χ1v) is 17.5. The van der Waals surface area contributed by atoms with Crippen molar-refractivity contribution in [3.63, 3.8) is 0 Å². The van der Waals surface area contributed by atoms with Gasteiger partial charge in [-0.3, -0.25) is 4.79 Å². The summed E-state index contributed by atoms with van der Waals surface area (Å²) in [5.41, 5.74) is 1.10. The van der Waals surface area contributed by atoms with E-state index in [2.05, 4.69) is 26.3 Å². The Morgan fingerprint density at radius 3 is 2.02 bits per heavy atom. The fourth-order valence-electron chi connectivity index (χ4n) is 8.52. The molecule has 7 fully saturated rings. The van der Waals surface area contributed by atoms with Crippen LogP contribution < -0.4 is 0 Å². The topological polar surface area (TPSA) is 166 Å². The number of phenols is 1. The molecule has 0 radical (unpaired) electrons. The molecule has 11 nitrogen and oxygen atoms in total. The lowest BCUT2D eigenvalue weighted by atomic mass is 9.52. The Hall–Kier alpha value is -4.74. The van der Waals surface area contributed by atoms with E-state index >= 15 is 0 Å². The summed E-state index contributed by atoms with van der Waals surface area (Å²) in [5, 5.41) is 29.8. The Balaban J connectivity index is 0.000000141. The molecule has 0 amide bonds. The number of ether oxygens (including phenoxy) is 4. The van der Waals surface area contributed by atoms with Crippen LogP contribution in [-0.2, 0) is 38.1 Å². The van der Waals surface area contributed by atoms with Crippen molar-refractivity contribution in [1.82, 2.24) is 0 Å². The quantitative estimate of drug-likeness (QED) is 0.177. The molecule has 0 spiro atoms. The van der Waals surface area contributed by atoms with Crippen molar-refractivity contribution in [2.75, 3.05) is 0 Å². The van der Waals surface area contributed by atoms with Crippen LogP contribution in [0.3, 0.4) is 0 Å². The molecule has 9 rings (SSSR count). The SMILES string of the molecule is C=C(C)C(=O)O.C=C(C)C(=O)OC12CC3CC(CC(O)(C3)C1)C2.C=C(C)C(=O)OC1C2CC3C(=O)OC1C3O2.C=Cc1ccc2cc(O)ccc2c1. The third-order valence-electron chi connectivity index (χ3n) is 10.5. The molecule has 278 valence electrons. The largest absolute Gasteiger partial charge is 0.508 e. The highest BCUT2D eigenvalue weighted by molar-refractivity contribution is 5.88. The van der Waals surface area contributed by atoms with Gasteiger partial charge in [0.2, 0.25) is 0 Å². The molecule has 3 N–H and O–H groups in total. The van der Waals surface area contributed by atoms with E-state index in [0.717, 1.165) is 42.0 Å². The third kappa shape index (κ3) is 8.48. The van der Waals surface area contributed by atoms with Crippen LogP contribution >= 0.6 is 0 Å². The van der Waals surface area contributed by atoms with Gasteiger partial charge in [0.05, 0.1) is 17.6 Å². The standard InChI is InChI=1S/C14H20O3.C12H10O.C11H12O5.C4H6O2/c1-9(2)12(15)17-14-6-10-3-11(7-14)5-13(16,4-10)8-14;1-2-9-3-4-11-8-12(13)6-5-10(11)7-9;1-4(2)10(12)15-8-6-3-5-7(14-6)9(8)16-11(5)13;1-3(2)4(5)6/h10-11,16H,1,3-8H2,2H3;2-8,13H,1H2;5-9H,1,3H2,2H3;1H2,2H3,(H,5,6). The number of phenolic OH excluding ortho intramolecular Hbond substituents is 1. The summed E-state index contributed by atoms with van der Waals surface area (Å²) >= 11 is 0. The number of fused-ring (bicyclic) bond motifs is 2. The molecule has 7 aliphatic rings. The van der Waals surface area contributed by atoms with Crippen LogP contribution in [0, 0.1) is 17.8 Å².